The van der Waals surface area contributed by atoms with Crippen LogP contribution in [0.15, 0.2) is 78.9 Å². The summed E-state index contributed by atoms with van der Waals surface area (Å²) in [5.41, 5.74) is 4.90. The van der Waals surface area contributed by atoms with Crippen molar-refractivity contribution >= 4 is 11.8 Å². The van der Waals surface area contributed by atoms with E-state index in [-0.39, 0.29) is 17.9 Å². The first kappa shape index (κ1) is 26.6. The van der Waals surface area contributed by atoms with Gasteiger partial charge in [-0.05, 0) is 54.8 Å². The summed E-state index contributed by atoms with van der Waals surface area (Å²) in [6.07, 6.45) is 0. The van der Waals surface area contributed by atoms with E-state index in [0.717, 1.165) is 43.9 Å². The normalized spacial score (nSPS) is 15.2. The molecule has 194 valence electrons. The number of benzene rings is 3. The molecule has 0 bridgehead atoms. The highest BCUT2D eigenvalue weighted by molar-refractivity contribution is 5.94. The van der Waals surface area contributed by atoms with Crippen LogP contribution in [0.5, 0.6) is 0 Å². The van der Waals surface area contributed by atoms with Crippen molar-refractivity contribution in [2.45, 2.75) is 26.4 Å². The Bertz CT molecular complexity index is 1170. The van der Waals surface area contributed by atoms with E-state index in [1.54, 1.807) is 7.05 Å². The van der Waals surface area contributed by atoms with Gasteiger partial charge in [0.05, 0.1) is 6.04 Å². The van der Waals surface area contributed by atoms with E-state index in [1.165, 1.54) is 5.56 Å². The number of rotatable bonds is 9. The molecule has 1 heterocycles. The maximum atomic E-state index is 12.9. The van der Waals surface area contributed by atoms with Gasteiger partial charge in [0.2, 0.25) is 0 Å². The number of carbonyl (C=O) groups excluding carboxylic acids is 2. The fourth-order valence-electron chi connectivity index (χ4n) is 5.13. The maximum Gasteiger partial charge on any atom is 0.253 e. The van der Waals surface area contributed by atoms with Gasteiger partial charge in [0, 0.05) is 64.0 Å². The first-order chi connectivity index (χ1) is 18.0. The molecule has 1 N–H and O–H groups in total. The minimum atomic E-state index is -0.0894. The Hall–Kier alpha value is -3.48. The van der Waals surface area contributed by atoms with Crippen LogP contribution in [-0.4, -0.2) is 72.8 Å². The molecule has 37 heavy (non-hydrogen) atoms. The van der Waals surface area contributed by atoms with E-state index in [4.69, 9.17) is 0 Å². The van der Waals surface area contributed by atoms with Gasteiger partial charge < -0.3 is 10.2 Å². The van der Waals surface area contributed by atoms with Crippen LogP contribution in [0.1, 0.15) is 57.3 Å². The van der Waals surface area contributed by atoms with Gasteiger partial charge >= 0.3 is 0 Å². The topological polar surface area (TPSA) is 55.9 Å². The third-order valence-electron chi connectivity index (χ3n) is 7.24. The molecule has 0 aliphatic carbocycles. The van der Waals surface area contributed by atoms with Gasteiger partial charge in [-0.15, -0.1) is 0 Å². The predicted molar refractivity (Wildman–Crippen MR) is 149 cm³/mol. The predicted octanol–water partition coefficient (Wildman–Crippen LogP) is 4.44. The molecule has 0 spiro atoms. The molecule has 4 rings (SSSR count). The number of nitrogens with one attached hydrogen (secondary N) is 1. The van der Waals surface area contributed by atoms with Crippen LogP contribution in [0.3, 0.4) is 0 Å². The van der Waals surface area contributed by atoms with Crippen LogP contribution >= 0.6 is 0 Å². The smallest absolute Gasteiger partial charge is 0.253 e. The Morgan fingerprint density at radius 3 is 2.11 bits per heavy atom. The molecule has 6 nitrogen and oxygen atoms in total. The second-order valence-corrected chi connectivity index (χ2v) is 9.50. The first-order valence-corrected chi connectivity index (χ1v) is 13.3. The molecule has 1 fully saturated rings. The number of nitrogens with zero attached hydrogens (tertiary/aromatic N) is 3. The molecule has 2 amide bonds. The SMILES string of the molecule is CCN(CC)C(=O)c1ccc(C(c2cccc(C(=O)NC)c2)N2CCN(Cc3ccccc3)CC2)cc1. The number of hydrogen-bond donors (Lipinski definition) is 1. The minimum absolute atomic E-state index is 0.00101. The van der Waals surface area contributed by atoms with E-state index in [2.05, 4.69) is 63.6 Å². The second-order valence-electron chi connectivity index (χ2n) is 9.50. The molecule has 1 saturated heterocycles. The molecule has 3 aromatic carbocycles. The summed E-state index contributed by atoms with van der Waals surface area (Å²) < 4.78 is 0. The van der Waals surface area contributed by atoms with Crippen molar-refractivity contribution in [2.24, 2.45) is 0 Å². The average molecular weight is 499 g/mol. The molecule has 3 aromatic rings. The van der Waals surface area contributed by atoms with Gasteiger partial charge in [-0.25, -0.2) is 0 Å². The van der Waals surface area contributed by atoms with Crippen LogP contribution < -0.4 is 5.32 Å². The van der Waals surface area contributed by atoms with Crippen molar-refractivity contribution in [2.75, 3.05) is 46.3 Å². The monoisotopic (exact) mass is 498 g/mol. The maximum absolute atomic E-state index is 12.9. The zero-order valence-electron chi connectivity index (χ0n) is 22.2. The van der Waals surface area contributed by atoms with Crippen LogP contribution in [-0.2, 0) is 6.54 Å². The quantitative estimate of drug-likeness (QED) is 0.474. The largest absolute Gasteiger partial charge is 0.355 e. The lowest BCUT2D eigenvalue weighted by Gasteiger charge is -2.40. The Balaban J connectivity index is 1.59. The van der Waals surface area contributed by atoms with Crippen LogP contribution in [0.4, 0.5) is 0 Å². The lowest BCUT2D eigenvalue weighted by Crippen LogP contribution is -2.47. The fraction of sp³-hybridized carbons (Fsp3) is 0.355. The van der Waals surface area contributed by atoms with Gasteiger partial charge in [0.1, 0.15) is 0 Å². The summed E-state index contributed by atoms with van der Waals surface area (Å²) in [4.78, 5) is 32.1. The Kier molecular flexibility index (Phi) is 9.09. The van der Waals surface area contributed by atoms with Crippen LogP contribution in [0.2, 0.25) is 0 Å². The van der Waals surface area contributed by atoms with E-state index < -0.39 is 0 Å². The molecule has 1 aliphatic heterocycles. The summed E-state index contributed by atoms with van der Waals surface area (Å²) in [5.74, 6) is -0.0299. The van der Waals surface area contributed by atoms with Gasteiger partial charge in [0.25, 0.3) is 11.8 Å². The van der Waals surface area contributed by atoms with Crippen molar-refractivity contribution in [3.05, 3.63) is 107 Å². The molecule has 0 saturated carbocycles. The molecule has 1 aliphatic rings. The summed E-state index contributed by atoms with van der Waals surface area (Å²) in [7, 11) is 1.66. The van der Waals surface area contributed by atoms with Gasteiger partial charge in [-0.1, -0.05) is 54.6 Å². The van der Waals surface area contributed by atoms with E-state index >= 15 is 0 Å². The summed E-state index contributed by atoms with van der Waals surface area (Å²) in [6.45, 7) is 10.1. The lowest BCUT2D eigenvalue weighted by atomic mass is 9.94. The molecule has 0 aromatic heterocycles. The number of carbonyl (C=O) groups is 2. The van der Waals surface area contributed by atoms with Crippen molar-refractivity contribution < 1.29 is 9.59 Å². The molecular weight excluding hydrogens is 460 g/mol. The number of piperazine rings is 1. The zero-order valence-corrected chi connectivity index (χ0v) is 22.2. The van der Waals surface area contributed by atoms with Gasteiger partial charge in [0.15, 0.2) is 0 Å². The lowest BCUT2D eigenvalue weighted by molar-refractivity contribution is 0.0772. The molecule has 0 radical (unpaired) electrons. The highest BCUT2D eigenvalue weighted by Crippen LogP contribution is 2.31. The summed E-state index contributed by atoms with van der Waals surface area (Å²) in [5, 5.41) is 2.74. The molecular formula is C31H38N4O2. The average Bonchev–Trinajstić information content (AvgIpc) is 2.95. The molecule has 6 heteroatoms. The molecule has 1 atom stereocenters. The third-order valence-corrected chi connectivity index (χ3v) is 7.24. The fourth-order valence-corrected chi connectivity index (χ4v) is 5.13. The van der Waals surface area contributed by atoms with E-state index in [1.807, 2.05) is 49.1 Å². The van der Waals surface area contributed by atoms with Gasteiger partial charge in [-0.2, -0.15) is 0 Å². The van der Waals surface area contributed by atoms with Gasteiger partial charge in [-0.3, -0.25) is 19.4 Å². The highest BCUT2D eigenvalue weighted by atomic mass is 16.2. The Morgan fingerprint density at radius 2 is 1.49 bits per heavy atom. The van der Waals surface area contributed by atoms with Crippen molar-refractivity contribution in [3.8, 4) is 0 Å². The Labute approximate surface area is 220 Å². The minimum Gasteiger partial charge on any atom is -0.355 e. The summed E-state index contributed by atoms with van der Waals surface area (Å²) >= 11 is 0. The molecule has 1 unspecified atom stereocenters. The van der Waals surface area contributed by atoms with Crippen molar-refractivity contribution in [1.82, 2.24) is 20.0 Å². The third kappa shape index (κ3) is 6.45. The Morgan fingerprint density at radius 1 is 0.811 bits per heavy atom. The van der Waals surface area contributed by atoms with Crippen molar-refractivity contribution in [1.29, 1.82) is 0 Å². The van der Waals surface area contributed by atoms with Crippen LogP contribution in [0, 0.1) is 0 Å². The number of amides is 2. The second kappa shape index (κ2) is 12.7. The summed E-state index contributed by atoms with van der Waals surface area (Å²) in [6, 6.07) is 26.5. The van der Waals surface area contributed by atoms with E-state index in [9.17, 15) is 9.59 Å². The van der Waals surface area contributed by atoms with Crippen molar-refractivity contribution in [3.63, 3.8) is 0 Å². The standard InChI is InChI=1S/C31H38N4O2/c1-4-34(5-2)31(37)26-16-14-25(15-17-26)29(27-12-9-13-28(22-27)30(36)32-3)35-20-18-33(19-21-35)23-24-10-7-6-8-11-24/h6-17,22,29H,4-5,18-21,23H2,1-3H3,(H,32,36). The highest BCUT2D eigenvalue weighted by Gasteiger charge is 2.27. The number of hydrogen-bond acceptors (Lipinski definition) is 4. The zero-order chi connectivity index (χ0) is 26.2. The first-order valence-electron chi connectivity index (χ1n) is 13.3. The van der Waals surface area contributed by atoms with Crippen LogP contribution in [0.25, 0.3) is 0 Å². The van der Waals surface area contributed by atoms with E-state index in [0.29, 0.717) is 24.2 Å².